The van der Waals surface area contributed by atoms with Gasteiger partial charge in [0.25, 0.3) is 0 Å². The normalized spacial score (nSPS) is 13.6. The lowest BCUT2D eigenvalue weighted by molar-refractivity contribution is 0.370. The zero-order chi connectivity index (χ0) is 14.6. The van der Waals surface area contributed by atoms with Crippen molar-refractivity contribution in [3.05, 3.63) is 17.3 Å². The Labute approximate surface area is 119 Å². The lowest BCUT2D eigenvalue weighted by Gasteiger charge is -2.18. The van der Waals surface area contributed by atoms with E-state index in [4.69, 9.17) is 11.6 Å². The van der Waals surface area contributed by atoms with Gasteiger partial charge in [0.1, 0.15) is 10.7 Å². The molecule has 0 radical (unpaired) electrons. The third kappa shape index (κ3) is 4.61. The number of rotatable bonds is 6. The van der Waals surface area contributed by atoms with Crippen LogP contribution in [0.1, 0.15) is 6.92 Å². The molecule has 0 saturated heterocycles. The first-order valence-corrected chi connectivity index (χ1v) is 7.62. The molecule has 1 aromatic rings. The third-order valence-electron chi connectivity index (χ3n) is 2.36. The van der Waals surface area contributed by atoms with Crippen LogP contribution in [0, 0.1) is 0 Å². The summed E-state index contributed by atoms with van der Waals surface area (Å²) in [6.07, 6.45) is 1.28. The van der Waals surface area contributed by atoms with E-state index in [9.17, 15) is 8.42 Å². The number of halogens is 1. The molecule has 108 valence electrons. The molecule has 0 aromatic carbocycles. The molecule has 0 aliphatic carbocycles. The minimum Gasteiger partial charge on any atom is -0.372 e. The minimum atomic E-state index is -3.60. The molecule has 0 amide bonds. The predicted octanol–water partition coefficient (Wildman–Crippen LogP) is 1.01. The molecule has 1 heterocycles. The van der Waals surface area contributed by atoms with E-state index in [1.165, 1.54) is 12.3 Å². The smallest absolute Gasteiger partial charge is 0.242 e. The molecule has 1 aromatic heterocycles. The second-order valence-corrected chi connectivity index (χ2v) is 6.66. The minimum absolute atomic E-state index is 0.0575. The lowest BCUT2D eigenvalue weighted by Crippen LogP contribution is -2.39. The molecule has 0 fully saturated rings. The fourth-order valence-electron chi connectivity index (χ4n) is 1.67. The van der Waals surface area contributed by atoms with Crippen molar-refractivity contribution >= 4 is 27.4 Å². The highest BCUT2D eigenvalue weighted by atomic mass is 35.5. The lowest BCUT2D eigenvalue weighted by atomic mass is 10.3. The van der Waals surface area contributed by atoms with Gasteiger partial charge in [-0.3, -0.25) is 0 Å². The summed E-state index contributed by atoms with van der Waals surface area (Å²) in [6.45, 7) is 2.41. The number of aromatic nitrogens is 1. The van der Waals surface area contributed by atoms with Gasteiger partial charge in [0.05, 0.1) is 5.02 Å². The van der Waals surface area contributed by atoms with E-state index in [0.29, 0.717) is 12.4 Å². The standard InChI is InChI=1S/C11H19ClN4O2S/c1-8(7-16(3)4)15-19(17,18)9-5-10(12)11(13-2)14-6-9/h5-6,8,15H,7H2,1-4H3,(H,13,14). The van der Waals surface area contributed by atoms with Crippen LogP contribution < -0.4 is 10.0 Å². The zero-order valence-corrected chi connectivity index (χ0v) is 13.0. The molecule has 0 spiro atoms. The Morgan fingerprint density at radius 2 is 2.11 bits per heavy atom. The van der Waals surface area contributed by atoms with Gasteiger partial charge in [0.15, 0.2) is 0 Å². The maximum absolute atomic E-state index is 12.1. The van der Waals surface area contributed by atoms with Crippen molar-refractivity contribution in [1.29, 1.82) is 0 Å². The van der Waals surface area contributed by atoms with Crippen LogP contribution in [0.5, 0.6) is 0 Å². The molecule has 1 unspecified atom stereocenters. The van der Waals surface area contributed by atoms with Gasteiger partial charge in [-0.2, -0.15) is 0 Å². The summed E-state index contributed by atoms with van der Waals surface area (Å²) >= 11 is 5.93. The summed E-state index contributed by atoms with van der Waals surface area (Å²) in [5.74, 6) is 0.446. The van der Waals surface area contributed by atoms with Crippen LogP contribution in [0.15, 0.2) is 17.2 Å². The first-order valence-electron chi connectivity index (χ1n) is 5.76. The summed E-state index contributed by atoms with van der Waals surface area (Å²) < 4.78 is 26.8. The van der Waals surface area contributed by atoms with E-state index in [0.717, 1.165) is 0 Å². The van der Waals surface area contributed by atoms with Crippen molar-refractivity contribution in [2.75, 3.05) is 33.0 Å². The van der Waals surface area contributed by atoms with Gasteiger partial charge >= 0.3 is 0 Å². The molecule has 1 atom stereocenters. The van der Waals surface area contributed by atoms with Crippen LogP contribution in [0.3, 0.4) is 0 Å². The first-order chi connectivity index (χ1) is 8.76. The van der Waals surface area contributed by atoms with E-state index < -0.39 is 10.0 Å². The molecule has 8 heteroatoms. The molecular formula is C11H19ClN4O2S. The number of hydrogen-bond acceptors (Lipinski definition) is 5. The van der Waals surface area contributed by atoms with Crippen LogP contribution in [0.4, 0.5) is 5.82 Å². The molecule has 0 aliphatic rings. The topological polar surface area (TPSA) is 74.3 Å². The molecule has 0 aliphatic heterocycles. The van der Waals surface area contributed by atoms with Gasteiger partial charge in [-0.25, -0.2) is 18.1 Å². The van der Waals surface area contributed by atoms with Crippen LogP contribution in [-0.4, -0.2) is 52.0 Å². The Balaban J connectivity index is 2.91. The van der Waals surface area contributed by atoms with Crippen LogP contribution >= 0.6 is 11.6 Å². The van der Waals surface area contributed by atoms with Crippen molar-refractivity contribution in [2.24, 2.45) is 0 Å². The fraction of sp³-hybridized carbons (Fsp3) is 0.545. The van der Waals surface area contributed by atoms with E-state index in [1.807, 2.05) is 19.0 Å². The van der Waals surface area contributed by atoms with Crippen LogP contribution in [0.2, 0.25) is 5.02 Å². The molecule has 1 rings (SSSR count). The van der Waals surface area contributed by atoms with Crippen molar-refractivity contribution in [3.63, 3.8) is 0 Å². The van der Waals surface area contributed by atoms with Gasteiger partial charge in [0, 0.05) is 25.8 Å². The van der Waals surface area contributed by atoms with Crippen molar-refractivity contribution < 1.29 is 8.42 Å². The molecule has 0 saturated carbocycles. The highest BCUT2D eigenvalue weighted by molar-refractivity contribution is 7.89. The maximum atomic E-state index is 12.1. The molecule has 2 N–H and O–H groups in total. The average molecular weight is 307 g/mol. The number of anilines is 1. The summed E-state index contributed by atoms with van der Waals surface area (Å²) in [4.78, 5) is 5.92. The second-order valence-electron chi connectivity index (χ2n) is 4.54. The van der Waals surface area contributed by atoms with E-state index in [-0.39, 0.29) is 16.0 Å². The Kier molecular flexibility index (Phi) is 5.54. The van der Waals surface area contributed by atoms with Crippen LogP contribution in [-0.2, 0) is 10.0 Å². The van der Waals surface area contributed by atoms with Crippen molar-refractivity contribution in [3.8, 4) is 0 Å². The first kappa shape index (κ1) is 16.2. The number of sulfonamides is 1. The monoisotopic (exact) mass is 306 g/mol. The highest BCUT2D eigenvalue weighted by Gasteiger charge is 2.19. The number of nitrogens with one attached hydrogen (secondary N) is 2. The Hall–Kier alpha value is -0.890. The Bertz CT molecular complexity index is 533. The molecular weight excluding hydrogens is 288 g/mol. The highest BCUT2D eigenvalue weighted by Crippen LogP contribution is 2.21. The van der Waals surface area contributed by atoms with Crippen molar-refractivity contribution in [1.82, 2.24) is 14.6 Å². The zero-order valence-electron chi connectivity index (χ0n) is 11.4. The van der Waals surface area contributed by atoms with Gasteiger partial charge in [-0.1, -0.05) is 11.6 Å². The number of hydrogen-bond donors (Lipinski definition) is 2. The van der Waals surface area contributed by atoms with E-state index in [2.05, 4.69) is 15.0 Å². The number of likely N-dealkylation sites (N-methyl/N-ethyl adjacent to an activating group) is 1. The average Bonchev–Trinajstić information content (AvgIpc) is 2.26. The van der Waals surface area contributed by atoms with Gasteiger partial charge in [-0.15, -0.1) is 0 Å². The quantitative estimate of drug-likeness (QED) is 0.820. The van der Waals surface area contributed by atoms with Gasteiger partial charge in [-0.05, 0) is 27.1 Å². The maximum Gasteiger partial charge on any atom is 0.242 e. The largest absolute Gasteiger partial charge is 0.372 e. The van der Waals surface area contributed by atoms with E-state index in [1.54, 1.807) is 14.0 Å². The summed E-state index contributed by atoms with van der Waals surface area (Å²) in [5.41, 5.74) is 0. The SMILES string of the molecule is CNc1ncc(S(=O)(=O)NC(C)CN(C)C)cc1Cl. The molecule has 0 bridgehead atoms. The summed E-state index contributed by atoms with van der Waals surface area (Å²) in [5, 5.41) is 3.04. The Morgan fingerprint density at radius 1 is 1.47 bits per heavy atom. The Morgan fingerprint density at radius 3 is 2.58 bits per heavy atom. The fourth-order valence-corrected chi connectivity index (χ4v) is 3.20. The number of nitrogens with zero attached hydrogens (tertiary/aromatic N) is 2. The third-order valence-corrected chi connectivity index (χ3v) is 4.20. The van der Waals surface area contributed by atoms with Gasteiger partial charge in [0.2, 0.25) is 10.0 Å². The van der Waals surface area contributed by atoms with Gasteiger partial charge < -0.3 is 10.2 Å². The molecule has 19 heavy (non-hydrogen) atoms. The predicted molar refractivity (Wildman–Crippen MR) is 77.1 cm³/mol. The summed E-state index contributed by atoms with van der Waals surface area (Å²) in [7, 11) is 1.82. The van der Waals surface area contributed by atoms with E-state index >= 15 is 0 Å². The van der Waals surface area contributed by atoms with Crippen molar-refractivity contribution in [2.45, 2.75) is 17.9 Å². The second kappa shape index (κ2) is 6.51. The number of pyridine rings is 1. The van der Waals surface area contributed by atoms with Crippen LogP contribution in [0.25, 0.3) is 0 Å². The summed E-state index contributed by atoms with van der Waals surface area (Å²) in [6, 6.07) is 1.17. The molecule has 6 nitrogen and oxygen atoms in total.